The van der Waals surface area contributed by atoms with Gasteiger partial charge in [-0.25, -0.2) is 0 Å². The Morgan fingerprint density at radius 3 is 2.64 bits per heavy atom. The number of pyridine rings is 1. The van der Waals surface area contributed by atoms with Crippen molar-refractivity contribution in [1.82, 2.24) is 10.3 Å². The fourth-order valence-electron chi connectivity index (χ4n) is 1.36. The van der Waals surface area contributed by atoms with Crippen LogP contribution in [0.4, 0.5) is 0 Å². The molecular formula is C12H20N2. The molecule has 0 saturated heterocycles. The van der Waals surface area contributed by atoms with Gasteiger partial charge in [0.05, 0.1) is 0 Å². The monoisotopic (exact) mass is 192 g/mol. The molecule has 1 heterocycles. The predicted octanol–water partition coefficient (Wildman–Crippen LogP) is 2.26. The molecule has 2 nitrogen and oxygen atoms in total. The zero-order valence-electron chi connectivity index (χ0n) is 9.16. The van der Waals surface area contributed by atoms with E-state index in [2.05, 4.69) is 36.3 Å². The van der Waals surface area contributed by atoms with E-state index >= 15 is 0 Å². The number of hydrogen-bond donors (Lipinski definition) is 1. The van der Waals surface area contributed by atoms with Gasteiger partial charge in [-0.15, -0.1) is 0 Å². The first-order valence-electron chi connectivity index (χ1n) is 5.38. The molecule has 14 heavy (non-hydrogen) atoms. The lowest BCUT2D eigenvalue weighted by atomic mass is 10.1. The fourth-order valence-corrected chi connectivity index (χ4v) is 1.36. The third-order valence-electron chi connectivity index (χ3n) is 2.12. The molecule has 0 amide bonds. The molecule has 1 rings (SSSR count). The van der Waals surface area contributed by atoms with E-state index in [1.165, 1.54) is 12.0 Å². The number of aryl methyl sites for hydroxylation is 1. The highest BCUT2D eigenvalue weighted by atomic mass is 14.8. The van der Waals surface area contributed by atoms with Gasteiger partial charge < -0.3 is 5.32 Å². The lowest BCUT2D eigenvalue weighted by Crippen LogP contribution is -2.21. The van der Waals surface area contributed by atoms with Gasteiger partial charge in [0.2, 0.25) is 0 Å². The summed E-state index contributed by atoms with van der Waals surface area (Å²) in [6.07, 6.45) is 6.07. The van der Waals surface area contributed by atoms with Crippen molar-refractivity contribution >= 4 is 0 Å². The molecule has 0 aromatic carbocycles. The molecule has 1 aromatic heterocycles. The van der Waals surface area contributed by atoms with Crippen LogP contribution in [0.15, 0.2) is 24.5 Å². The minimum Gasteiger partial charge on any atom is -0.316 e. The highest BCUT2D eigenvalue weighted by Crippen LogP contribution is 1.99. The smallest absolute Gasteiger partial charge is 0.0270 e. The summed E-state index contributed by atoms with van der Waals surface area (Å²) in [5.74, 6) is 0.746. The van der Waals surface area contributed by atoms with Gasteiger partial charge in [0.1, 0.15) is 0 Å². The average Bonchev–Trinajstić information content (AvgIpc) is 2.18. The molecule has 0 aliphatic heterocycles. The average molecular weight is 192 g/mol. The van der Waals surface area contributed by atoms with Crippen LogP contribution in [0.5, 0.6) is 0 Å². The van der Waals surface area contributed by atoms with E-state index in [1.807, 2.05) is 12.4 Å². The molecule has 0 atom stereocenters. The molecule has 78 valence electrons. The normalized spacial score (nSPS) is 10.8. The first-order chi connectivity index (χ1) is 6.79. The van der Waals surface area contributed by atoms with Gasteiger partial charge in [-0.3, -0.25) is 4.98 Å². The van der Waals surface area contributed by atoms with Gasteiger partial charge in [-0.2, -0.15) is 0 Å². The van der Waals surface area contributed by atoms with E-state index in [0.717, 1.165) is 25.4 Å². The Labute approximate surface area is 86.8 Å². The first kappa shape index (κ1) is 11.2. The number of hydrogen-bond acceptors (Lipinski definition) is 2. The number of nitrogens with zero attached hydrogens (tertiary/aromatic N) is 1. The Hall–Kier alpha value is -0.890. The summed E-state index contributed by atoms with van der Waals surface area (Å²) in [4.78, 5) is 4.00. The molecule has 0 saturated carbocycles. The van der Waals surface area contributed by atoms with Crippen molar-refractivity contribution in [3.8, 4) is 0 Å². The topological polar surface area (TPSA) is 24.9 Å². The molecule has 0 spiro atoms. The van der Waals surface area contributed by atoms with Gasteiger partial charge in [0.15, 0.2) is 0 Å². The Bertz CT molecular complexity index is 231. The van der Waals surface area contributed by atoms with Gasteiger partial charge in [-0.05, 0) is 49.5 Å². The van der Waals surface area contributed by atoms with Crippen molar-refractivity contribution in [3.05, 3.63) is 30.1 Å². The van der Waals surface area contributed by atoms with Crippen molar-refractivity contribution in [1.29, 1.82) is 0 Å². The van der Waals surface area contributed by atoms with Crippen molar-refractivity contribution in [2.45, 2.75) is 26.7 Å². The van der Waals surface area contributed by atoms with Crippen LogP contribution in [0.25, 0.3) is 0 Å². The zero-order chi connectivity index (χ0) is 10.2. The Morgan fingerprint density at radius 1 is 1.29 bits per heavy atom. The Morgan fingerprint density at radius 2 is 2.00 bits per heavy atom. The van der Waals surface area contributed by atoms with Crippen LogP contribution in [0, 0.1) is 5.92 Å². The molecule has 0 aliphatic rings. The summed E-state index contributed by atoms with van der Waals surface area (Å²) in [5.41, 5.74) is 1.38. The summed E-state index contributed by atoms with van der Waals surface area (Å²) in [6, 6.07) is 4.17. The van der Waals surface area contributed by atoms with E-state index < -0.39 is 0 Å². The lowest BCUT2D eigenvalue weighted by Gasteiger charge is -2.06. The minimum absolute atomic E-state index is 0.746. The number of aromatic nitrogens is 1. The zero-order valence-corrected chi connectivity index (χ0v) is 9.16. The van der Waals surface area contributed by atoms with Gasteiger partial charge in [-0.1, -0.05) is 13.8 Å². The maximum atomic E-state index is 4.00. The van der Waals surface area contributed by atoms with Crippen LogP contribution in [0.2, 0.25) is 0 Å². The Balaban J connectivity index is 2.05. The summed E-state index contributed by atoms with van der Waals surface area (Å²) >= 11 is 0. The number of nitrogens with one attached hydrogen (secondary N) is 1. The van der Waals surface area contributed by atoms with Crippen LogP contribution in [-0.4, -0.2) is 18.1 Å². The molecule has 2 heteroatoms. The van der Waals surface area contributed by atoms with E-state index in [0.29, 0.717) is 0 Å². The number of rotatable bonds is 6. The second-order valence-electron chi connectivity index (χ2n) is 4.06. The Kier molecular flexibility index (Phi) is 5.23. The maximum Gasteiger partial charge on any atom is 0.0270 e. The molecule has 0 radical (unpaired) electrons. The molecule has 1 aromatic rings. The quantitative estimate of drug-likeness (QED) is 0.699. The molecular weight excluding hydrogens is 172 g/mol. The van der Waals surface area contributed by atoms with Crippen LogP contribution in [0.3, 0.4) is 0 Å². The van der Waals surface area contributed by atoms with E-state index in [-0.39, 0.29) is 0 Å². The summed E-state index contributed by atoms with van der Waals surface area (Å²) in [6.45, 7) is 6.70. The van der Waals surface area contributed by atoms with E-state index in [9.17, 15) is 0 Å². The molecule has 0 unspecified atom stereocenters. The van der Waals surface area contributed by atoms with Gasteiger partial charge in [0.25, 0.3) is 0 Å². The second kappa shape index (κ2) is 6.55. The van der Waals surface area contributed by atoms with Crippen LogP contribution in [-0.2, 0) is 6.42 Å². The summed E-state index contributed by atoms with van der Waals surface area (Å²) < 4.78 is 0. The third-order valence-corrected chi connectivity index (χ3v) is 2.12. The molecule has 1 N–H and O–H groups in total. The lowest BCUT2D eigenvalue weighted by molar-refractivity contribution is 0.543. The first-order valence-corrected chi connectivity index (χ1v) is 5.38. The van der Waals surface area contributed by atoms with Crippen molar-refractivity contribution in [2.24, 2.45) is 5.92 Å². The van der Waals surface area contributed by atoms with Gasteiger partial charge >= 0.3 is 0 Å². The van der Waals surface area contributed by atoms with Crippen LogP contribution in [0.1, 0.15) is 25.8 Å². The minimum atomic E-state index is 0.746. The van der Waals surface area contributed by atoms with Crippen molar-refractivity contribution in [2.75, 3.05) is 13.1 Å². The maximum absolute atomic E-state index is 4.00. The summed E-state index contributed by atoms with van der Waals surface area (Å²) in [7, 11) is 0. The highest BCUT2D eigenvalue weighted by Gasteiger charge is 1.94. The molecule has 0 aliphatic carbocycles. The third kappa shape index (κ3) is 4.97. The highest BCUT2D eigenvalue weighted by molar-refractivity contribution is 5.09. The largest absolute Gasteiger partial charge is 0.316 e. The fraction of sp³-hybridized carbons (Fsp3) is 0.583. The van der Waals surface area contributed by atoms with Crippen LogP contribution < -0.4 is 5.32 Å². The van der Waals surface area contributed by atoms with Crippen molar-refractivity contribution < 1.29 is 0 Å². The van der Waals surface area contributed by atoms with E-state index in [4.69, 9.17) is 0 Å². The van der Waals surface area contributed by atoms with E-state index in [1.54, 1.807) is 0 Å². The second-order valence-corrected chi connectivity index (χ2v) is 4.06. The van der Waals surface area contributed by atoms with Crippen LogP contribution >= 0.6 is 0 Å². The van der Waals surface area contributed by atoms with Gasteiger partial charge in [0, 0.05) is 12.4 Å². The molecule has 0 fully saturated rings. The predicted molar refractivity (Wildman–Crippen MR) is 60.3 cm³/mol. The molecule has 0 bridgehead atoms. The SMILES string of the molecule is CC(C)CNCCCc1ccncc1. The summed E-state index contributed by atoms with van der Waals surface area (Å²) in [5, 5.41) is 3.44. The van der Waals surface area contributed by atoms with Crippen molar-refractivity contribution in [3.63, 3.8) is 0 Å². The standard InChI is InChI=1S/C12H20N2/c1-11(2)10-14-7-3-4-12-5-8-13-9-6-12/h5-6,8-9,11,14H,3-4,7,10H2,1-2H3.